The average Bonchev–Trinajstić information content (AvgIpc) is 2.85. The van der Waals surface area contributed by atoms with Gasteiger partial charge in [-0.2, -0.15) is 4.98 Å². The molecule has 0 saturated heterocycles. The van der Waals surface area contributed by atoms with Crippen molar-refractivity contribution < 1.29 is 23.7 Å². The first-order valence-electron chi connectivity index (χ1n) is 9.84. The maximum absolute atomic E-state index is 6.09. The van der Waals surface area contributed by atoms with Gasteiger partial charge in [0.25, 0.3) is 0 Å². The van der Waals surface area contributed by atoms with Crippen LogP contribution >= 0.6 is 0 Å². The summed E-state index contributed by atoms with van der Waals surface area (Å²) in [5, 5.41) is 0. The van der Waals surface area contributed by atoms with Crippen molar-refractivity contribution in [3.63, 3.8) is 0 Å². The molecule has 0 bridgehead atoms. The molecule has 1 aromatic heterocycles. The lowest BCUT2D eigenvalue weighted by Crippen LogP contribution is -2.03. The normalized spacial score (nSPS) is 10.1. The van der Waals surface area contributed by atoms with E-state index in [4.69, 9.17) is 30.1 Å². The molecule has 0 radical (unpaired) electrons. The number of hydrogen-bond donors (Lipinski definition) is 0. The standard InChI is InChI=1S/C26H25NO5/c1-6-13-31-22-10-8-7-9-20(22)17-32-24-14-19(11-12-23(24)28-3)18(2)21-15-25(29-4)27-26(16-21)30-5/h1,7-12,14-16H,2,13,17H2,3-5H3. The number of methoxy groups -OCH3 is 3. The molecule has 0 aliphatic rings. The quantitative estimate of drug-likeness (QED) is 0.432. The van der Waals surface area contributed by atoms with Crippen LogP contribution in [0.4, 0.5) is 0 Å². The van der Waals surface area contributed by atoms with E-state index < -0.39 is 0 Å². The number of nitrogens with zero attached hydrogens (tertiary/aromatic N) is 1. The summed E-state index contributed by atoms with van der Waals surface area (Å²) in [6.07, 6.45) is 5.31. The molecule has 6 heteroatoms. The molecular formula is C26H25NO5. The first-order chi connectivity index (χ1) is 15.6. The summed E-state index contributed by atoms with van der Waals surface area (Å²) < 4.78 is 27.7. The van der Waals surface area contributed by atoms with Crippen LogP contribution < -0.4 is 23.7 Å². The van der Waals surface area contributed by atoms with Crippen LogP contribution in [0.1, 0.15) is 16.7 Å². The summed E-state index contributed by atoms with van der Waals surface area (Å²) in [5.41, 5.74) is 3.30. The van der Waals surface area contributed by atoms with Gasteiger partial charge in [0, 0.05) is 17.7 Å². The summed E-state index contributed by atoms with van der Waals surface area (Å²) in [7, 11) is 4.71. The zero-order valence-electron chi connectivity index (χ0n) is 18.4. The van der Waals surface area contributed by atoms with Gasteiger partial charge in [-0.3, -0.25) is 0 Å². The van der Waals surface area contributed by atoms with Gasteiger partial charge in [-0.05, 0) is 34.9 Å². The molecule has 0 aliphatic carbocycles. The van der Waals surface area contributed by atoms with Gasteiger partial charge in [-0.15, -0.1) is 6.42 Å². The van der Waals surface area contributed by atoms with Crippen molar-refractivity contribution >= 4 is 5.57 Å². The van der Waals surface area contributed by atoms with Crippen LogP contribution in [-0.4, -0.2) is 32.9 Å². The Morgan fingerprint density at radius 2 is 1.56 bits per heavy atom. The minimum atomic E-state index is 0.189. The Bertz CT molecular complexity index is 1110. The number of hydrogen-bond acceptors (Lipinski definition) is 6. The highest BCUT2D eigenvalue weighted by molar-refractivity contribution is 5.80. The summed E-state index contributed by atoms with van der Waals surface area (Å²) in [6, 6.07) is 16.8. The first-order valence-corrected chi connectivity index (χ1v) is 9.84. The largest absolute Gasteiger partial charge is 0.493 e. The van der Waals surface area contributed by atoms with Crippen molar-refractivity contribution in [2.45, 2.75) is 6.61 Å². The zero-order chi connectivity index (χ0) is 22.9. The molecule has 0 fully saturated rings. The van der Waals surface area contributed by atoms with E-state index in [1.165, 1.54) is 0 Å². The monoisotopic (exact) mass is 431 g/mol. The molecule has 0 N–H and O–H groups in total. The van der Waals surface area contributed by atoms with Crippen LogP contribution in [0.3, 0.4) is 0 Å². The Kier molecular flexibility index (Phi) is 7.60. The van der Waals surface area contributed by atoms with Crippen molar-refractivity contribution in [2.24, 2.45) is 0 Å². The molecule has 0 saturated carbocycles. The Balaban J connectivity index is 1.87. The molecule has 3 aromatic rings. The predicted octanol–water partition coefficient (Wildman–Crippen LogP) is 4.76. The Morgan fingerprint density at radius 3 is 2.22 bits per heavy atom. The van der Waals surface area contributed by atoms with E-state index in [0.717, 1.165) is 22.3 Å². The zero-order valence-corrected chi connectivity index (χ0v) is 18.4. The van der Waals surface area contributed by atoms with Gasteiger partial charge < -0.3 is 23.7 Å². The van der Waals surface area contributed by atoms with E-state index in [9.17, 15) is 0 Å². The number of aromatic nitrogens is 1. The lowest BCUT2D eigenvalue weighted by molar-refractivity contribution is 0.275. The highest BCUT2D eigenvalue weighted by Gasteiger charge is 2.13. The smallest absolute Gasteiger partial charge is 0.216 e. The van der Waals surface area contributed by atoms with E-state index in [1.807, 2.05) is 42.5 Å². The lowest BCUT2D eigenvalue weighted by Gasteiger charge is -2.15. The molecule has 1 heterocycles. The molecule has 0 atom stereocenters. The third-order valence-corrected chi connectivity index (χ3v) is 4.72. The minimum absolute atomic E-state index is 0.189. The van der Waals surface area contributed by atoms with Gasteiger partial charge in [-0.25, -0.2) is 0 Å². The fourth-order valence-corrected chi connectivity index (χ4v) is 3.05. The van der Waals surface area contributed by atoms with Gasteiger partial charge in [0.15, 0.2) is 11.5 Å². The molecule has 6 nitrogen and oxygen atoms in total. The number of ether oxygens (including phenoxy) is 5. The third-order valence-electron chi connectivity index (χ3n) is 4.72. The van der Waals surface area contributed by atoms with Crippen LogP contribution in [0.25, 0.3) is 5.57 Å². The van der Waals surface area contributed by atoms with E-state index in [2.05, 4.69) is 17.5 Å². The summed E-state index contributed by atoms with van der Waals surface area (Å²) in [5.74, 6) is 5.21. The van der Waals surface area contributed by atoms with Crippen molar-refractivity contribution in [1.82, 2.24) is 4.98 Å². The van der Waals surface area contributed by atoms with E-state index in [0.29, 0.717) is 29.0 Å². The maximum atomic E-state index is 6.09. The summed E-state index contributed by atoms with van der Waals surface area (Å²) in [4.78, 5) is 4.23. The second-order valence-electron chi connectivity index (χ2n) is 6.67. The first kappa shape index (κ1) is 22.6. The topological polar surface area (TPSA) is 59.0 Å². The van der Waals surface area contributed by atoms with Gasteiger partial charge in [0.1, 0.15) is 19.0 Å². The van der Waals surface area contributed by atoms with Crippen LogP contribution in [-0.2, 0) is 6.61 Å². The summed E-state index contributed by atoms with van der Waals surface area (Å²) >= 11 is 0. The van der Waals surface area contributed by atoms with Gasteiger partial charge in [0.2, 0.25) is 11.8 Å². The Hall–Kier alpha value is -4.11. The second kappa shape index (κ2) is 10.8. The number of terminal acetylenes is 1. The van der Waals surface area contributed by atoms with E-state index in [1.54, 1.807) is 33.5 Å². The van der Waals surface area contributed by atoms with Crippen LogP contribution in [0.5, 0.6) is 29.0 Å². The minimum Gasteiger partial charge on any atom is -0.493 e. The fraction of sp³-hybridized carbons (Fsp3) is 0.192. The molecule has 0 amide bonds. The van der Waals surface area contributed by atoms with E-state index >= 15 is 0 Å². The average molecular weight is 431 g/mol. The third kappa shape index (κ3) is 5.32. The van der Waals surface area contributed by atoms with E-state index in [-0.39, 0.29) is 13.2 Å². The van der Waals surface area contributed by atoms with Gasteiger partial charge >= 0.3 is 0 Å². The Morgan fingerprint density at radius 1 is 0.844 bits per heavy atom. The van der Waals surface area contributed by atoms with Gasteiger partial charge in [0.05, 0.1) is 21.3 Å². The molecule has 0 unspecified atom stereocenters. The second-order valence-corrected chi connectivity index (χ2v) is 6.67. The molecular weight excluding hydrogens is 406 g/mol. The van der Waals surface area contributed by atoms with Gasteiger partial charge in [-0.1, -0.05) is 36.8 Å². The highest BCUT2D eigenvalue weighted by Crippen LogP contribution is 2.34. The maximum Gasteiger partial charge on any atom is 0.216 e. The molecule has 164 valence electrons. The molecule has 3 rings (SSSR count). The highest BCUT2D eigenvalue weighted by atomic mass is 16.5. The van der Waals surface area contributed by atoms with Crippen molar-refractivity contribution in [1.29, 1.82) is 0 Å². The van der Waals surface area contributed by atoms with Crippen molar-refractivity contribution in [3.8, 4) is 41.4 Å². The van der Waals surface area contributed by atoms with Crippen LogP contribution in [0, 0.1) is 12.3 Å². The molecule has 0 aliphatic heterocycles. The van der Waals surface area contributed by atoms with Crippen molar-refractivity contribution in [3.05, 3.63) is 77.9 Å². The summed E-state index contributed by atoms with van der Waals surface area (Å²) in [6.45, 7) is 4.71. The van der Waals surface area contributed by atoms with Crippen LogP contribution in [0.15, 0.2) is 61.2 Å². The predicted molar refractivity (Wildman–Crippen MR) is 124 cm³/mol. The van der Waals surface area contributed by atoms with Crippen molar-refractivity contribution in [2.75, 3.05) is 27.9 Å². The fourth-order valence-electron chi connectivity index (χ4n) is 3.05. The number of benzene rings is 2. The SMILES string of the molecule is C#CCOc1ccccc1COc1cc(C(=C)c2cc(OC)nc(OC)c2)ccc1OC. The Labute approximate surface area is 188 Å². The molecule has 32 heavy (non-hydrogen) atoms. The number of rotatable bonds is 10. The number of pyridine rings is 1. The number of para-hydroxylation sites is 1. The molecule has 2 aromatic carbocycles. The van der Waals surface area contributed by atoms with Crippen LogP contribution in [0.2, 0.25) is 0 Å². The molecule has 0 spiro atoms. The lowest BCUT2D eigenvalue weighted by atomic mass is 10.00.